The van der Waals surface area contributed by atoms with Crippen LogP contribution in [-0.2, 0) is 4.79 Å². The van der Waals surface area contributed by atoms with Crippen LogP contribution in [-0.4, -0.2) is 16.1 Å². The van der Waals surface area contributed by atoms with Crippen molar-refractivity contribution < 1.29 is 18.4 Å². The van der Waals surface area contributed by atoms with Gasteiger partial charge in [-0.25, -0.2) is 8.78 Å². The molecule has 0 aliphatic heterocycles. The molecule has 1 aliphatic rings. The van der Waals surface area contributed by atoms with E-state index in [1.807, 2.05) is 0 Å². The first-order chi connectivity index (χ1) is 15.6. The SMILES string of the molecule is O=C(Nc1ccc(F)cc1)c1cc(NC(=O)[C@@H]2[C@@H](c3cc(F)cc(Cl)c3)C2(Cl)Cl)ccc1Cl. The maximum Gasteiger partial charge on any atom is 0.257 e. The molecule has 33 heavy (non-hydrogen) atoms. The molecule has 1 saturated carbocycles. The topological polar surface area (TPSA) is 58.2 Å². The number of rotatable bonds is 5. The lowest BCUT2D eigenvalue weighted by atomic mass is 10.1. The summed E-state index contributed by atoms with van der Waals surface area (Å²) in [6, 6.07) is 13.4. The van der Waals surface area contributed by atoms with E-state index in [1.165, 1.54) is 54.6 Å². The second-order valence-corrected chi connectivity index (χ2v) is 9.77. The Kier molecular flexibility index (Phi) is 6.56. The van der Waals surface area contributed by atoms with Gasteiger partial charge in [0, 0.05) is 22.3 Å². The number of anilines is 2. The summed E-state index contributed by atoms with van der Waals surface area (Å²) in [5.41, 5.74) is 1.14. The highest BCUT2D eigenvalue weighted by molar-refractivity contribution is 6.53. The smallest absolute Gasteiger partial charge is 0.257 e. The van der Waals surface area contributed by atoms with Crippen molar-refractivity contribution in [3.05, 3.63) is 93.5 Å². The Hall–Kier alpha value is -2.38. The van der Waals surface area contributed by atoms with E-state index in [0.717, 1.165) is 6.07 Å². The molecular formula is C23H14Cl4F2N2O2. The number of alkyl halides is 2. The van der Waals surface area contributed by atoms with Gasteiger partial charge in [0.15, 0.2) is 0 Å². The number of carbonyl (C=O) groups excluding carboxylic acids is 2. The predicted octanol–water partition coefficient (Wildman–Crippen LogP) is 7.05. The highest BCUT2D eigenvalue weighted by Gasteiger charge is 2.67. The van der Waals surface area contributed by atoms with Crippen LogP contribution in [0.5, 0.6) is 0 Å². The zero-order valence-electron chi connectivity index (χ0n) is 16.5. The van der Waals surface area contributed by atoms with Crippen LogP contribution in [0.25, 0.3) is 0 Å². The standard InChI is InChI=1S/C23H14Cl4F2N2O2/c24-12-7-11(8-14(29)9-12)19-20(23(19,26)27)22(33)31-16-5-6-18(25)17(10-16)21(32)30-15-3-1-13(28)2-4-15/h1-10,19-20H,(H,30,32)(H,31,33)/t19-,20+/m1/s1. The van der Waals surface area contributed by atoms with Crippen molar-refractivity contribution >= 4 is 69.6 Å². The Morgan fingerprint density at radius 3 is 2.15 bits per heavy atom. The van der Waals surface area contributed by atoms with Gasteiger partial charge in [0.25, 0.3) is 5.91 Å². The number of hydrogen-bond donors (Lipinski definition) is 2. The fraction of sp³-hybridized carbons (Fsp3) is 0.130. The maximum absolute atomic E-state index is 13.7. The second-order valence-electron chi connectivity index (χ2n) is 7.48. The molecule has 0 saturated heterocycles. The number of carbonyl (C=O) groups is 2. The van der Waals surface area contributed by atoms with Gasteiger partial charge in [-0.3, -0.25) is 9.59 Å². The molecule has 0 heterocycles. The molecule has 1 aliphatic carbocycles. The van der Waals surface area contributed by atoms with Gasteiger partial charge in [-0.2, -0.15) is 0 Å². The van der Waals surface area contributed by atoms with Gasteiger partial charge < -0.3 is 10.6 Å². The molecule has 3 aromatic carbocycles. The average Bonchev–Trinajstić information content (AvgIpc) is 3.32. The molecule has 3 aromatic rings. The van der Waals surface area contributed by atoms with Gasteiger partial charge in [-0.1, -0.05) is 23.2 Å². The molecule has 0 spiro atoms. The Balaban J connectivity index is 1.50. The molecular weight excluding hydrogens is 516 g/mol. The van der Waals surface area contributed by atoms with E-state index >= 15 is 0 Å². The summed E-state index contributed by atoms with van der Waals surface area (Å²) < 4.78 is 25.4. The lowest BCUT2D eigenvalue weighted by Gasteiger charge is -2.10. The summed E-state index contributed by atoms with van der Waals surface area (Å²) in [4.78, 5) is 25.5. The van der Waals surface area contributed by atoms with Crippen LogP contribution in [0, 0.1) is 17.6 Å². The molecule has 2 amide bonds. The van der Waals surface area contributed by atoms with Crippen LogP contribution in [0.15, 0.2) is 60.7 Å². The van der Waals surface area contributed by atoms with Gasteiger partial charge in [0.2, 0.25) is 5.91 Å². The highest BCUT2D eigenvalue weighted by atomic mass is 35.5. The first-order valence-corrected chi connectivity index (χ1v) is 11.1. The van der Waals surface area contributed by atoms with Crippen molar-refractivity contribution in [1.82, 2.24) is 0 Å². The first-order valence-electron chi connectivity index (χ1n) is 9.57. The van der Waals surface area contributed by atoms with Crippen LogP contribution < -0.4 is 10.6 Å². The number of benzene rings is 3. The Bertz CT molecular complexity index is 1230. The molecule has 0 bridgehead atoms. The summed E-state index contributed by atoms with van der Waals surface area (Å²) in [5, 5.41) is 5.57. The van der Waals surface area contributed by atoms with Crippen molar-refractivity contribution in [1.29, 1.82) is 0 Å². The maximum atomic E-state index is 13.7. The van der Waals surface area contributed by atoms with Crippen molar-refractivity contribution in [2.24, 2.45) is 5.92 Å². The second kappa shape index (κ2) is 9.11. The van der Waals surface area contributed by atoms with Crippen molar-refractivity contribution in [2.45, 2.75) is 10.3 Å². The summed E-state index contributed by atoms with van der Waals surface area (Å²) in [5.74, 6) is -3.61. The van der Waals surface area contributed by atoms with Crippen LogP contribution in [0.2, 0.25) is 10.0 Å². The summed E-state index contributed by atoms with van der Waals surface area (Å²) in [7, 11) is 0. The Morgan fingerprint density at radius 1 is 0.818 bits per heavy atom. The minimum absolute atomic E-state index is 0.0889. The molecule has 170 valence electrons. The van der Waals surface area contributed by atoms with E-state index in [9.17, 15) is 18.4 Å². The summed E-state index contributed by atoms with van der Waals surface area (Å²) in [6.45, 7) is 0. The number of amides is 2. The van der Waals surface area contributed by atoms with Crippen molar-refractivity contribution in [3.8, 4) is 0 Å². The highest BCUT2D eigenvalue weighted by Crippen LogP contribution is 2.65. The van der Waals surface area contributed by atoms with E-state index in [1.54, 1.807) is 0 Å². The lowest BCUT2D eigenvalue weighted by molar-refractivity contribution is -0.117. The van der Waals surface area contributed by atoms with Gasteiger partial charge >= 0.3 is 0 Å². The number of nitrogens with one attached hydrogen (secondary N) is 2. The molecule has 0 unspecified atom stereocenters. The third kappa shape index (κ3) is 5.09. The van der Waals surface area contributed by atoms with E-state index in [4.69, 9.17) is 46.4 Å². The fourth-order valence-electron chi connectivity index (χ4n) is 3.55. The van der Waals surface area contributed by atoms with E-state index in [-0.39, 0.29) is 21.3 Å². The molecule has 0 aromatic heterocycles. The zero-order chi connectivity index (χ0) is 23.9. The zero-order valence-corrected chi connectivity index (χ0v) is 19.5. The van der Waals surface area contributed by atoms with Crippen LogP contribution in [0.1, 0.15) is 21.8 Å². The molecule has 1 fully saturated rings. The minimum Gasteiger partial charge on any atom is -0.326 e. The molecule has 10 heteroatoms. The third-order valence-electron chi connectivity index (χ3n) is 5.16. The van der Waals surface area contributed by atoms with E-state index in [0.29, 0.717) is 11.3 Å². The normalized spacial score (nSPS) is 18.5. The fourth-order valence-corrected chi connectivity index (χ4v) is 4.81. The van der Waals surface area contributed by atoms with E-state index in [2.05, 4.69) is 10.6 Å². The van der Waals surface area contributed by atoms with Crippen molar-refractivity contribution in [2.75, 3.05) is 10.6 Å². The molecule has 2 N–H and O–H groups in total. The third-order valence-corrected chi connectivity index (χ3v) is 6.65. The van der Waals surface area contributed by atoms with Gasteiger partial charge in [-0.15, -0.1) is 23.2 Å². The average molecular weight is 530 g/mol. The lowest BCUT2D eigenvalue weighted by Crippen LogP contribution is -2.18. The molecule has 4 nitrogen and oxygen atoms in total. The van der Waals surface area contributed by atoms with Crippen LogP contribution in [0.3, 0.4) is 0 Å². The Labute approximate surface area is 207 Å². The van der Waals surface area contributed by atoms with Gasteiger partial charge in [0.05, 0.1) is 16.5 Å². The monoisotopic (exact) mass is 528 g/mol. The Morgan fingerprint density at radius 2 is 1.48 bits per heavy atom. The summed E-state index contributed by atoms with van der Waals surface area (Å²) >= 11 is 24.7. The largest absolute Gasteiger partial charge is 0.326 e. The molecule has 2 atom stereocenters. The first kappa shape index (κ1) is 23.8. The van der Waals surface area contributed by atoms with Gasteiger partial charge in [0.1, 0.15) is 16.0 Å². The molecule has 4 rings (SSSR count). The number of halogens is 6. The number of hydrogen-bond acceptors (Lipinski definition) is 2. The summed E-state index contributed by atoms with van der Waals surface area (Å²) in [6.07, 6.45) is 0. The predicted molar refractivity (Wildman–Crippen MR) is 127 cm³/mol. The quantitative estimate of drug-likeness (QED) is 0.348. The minimum atomic E-state index is -1.45. The van der Waals surface area contributed by atoms with Crippen LogP contribution in [0.4, 0.5) is 20.2 Å². The van der Waals surface area contributed by atoms with Crippen LogP contribution >= 0.6 is 46.4 Å². The van der Waals surface area contributed by atoms with E-state index < -0.39 is 39.6 Å². The van der Waals surface area contributed by atoms with Crippen molar-refractivity contribution in [3.63, 3.8) is 0 Å². The molecule has 0 radical (unpaired) electrons. The van der Waals surface area contributed by atoms with Gasteiger partial charge in [-0.05, 0) is 66.2 Å².